The molecule has 104 heavy (non-hydrogen) atoms. The van der Waals surface area contributed by atoms with Gasteiger partial charge in [0.05, 0.1) is 13.2 Å². The van der Waals surface area contributed by atoms with E-state index in [1.807, 2.05) is 30.3 Å². The summed E-state index contributed by atoms with van der Waals surface area (Å²) in [4.78, 5) is 160. The minimum Gasteiger partial charge on any atom is -0.508 e. The zero-order valence-corrected chi connectivity index (χ0v) is 58.1. The van der Waals surface area contributed by atoms with Crippen LogP contribution < -0.4 is 75.7 Å². The van der Waals surface area contributed by atoms with Gasteiger partial charge < -0.3 is 95.8 Å². The molecule has 7 rings (SSSR count). The monoisotopic (exact) mass is 1440 g/mol. The van der Waals surface area contributed by atoms with Crippen molar-refractivity contribution in [1.29, 1.82) is 10.8 Å². The van der Waals surface area contributed by atoms with Crippen molar-refractivity contribution in [2.75, 3.05) is 32.8 Å². The van der Waals surface area contributed by atoms with E-state index in [4.69, 9.17) is 28.0 Å². The van der Waals surface area contributed by atoms with Crippen LogP contribution in [0.2, 0.25) is 0 Å². The van der Waals surface area contributed by atoms with Crippen LogP contribution in [0.5, 0.6) is 5.75 Å². The van der Waals surface area contributed by atoms with Crippen molar-refractivity contribution in [1.82, 2.24) is 68.4 Å². The van der Waals surface area contributed by atoms with E-state index >= 15 is 0 Å². The largest absolute Gasteiger partial charge is 0.508 e. The van der Waals surface area contributed by atoms with E-state index in [0.29, 0.717) is 39.6 Å². The molecular formula is C72H93FN18O13. The number of likely N-dealkylation sites (tertiary alicyclic amines) is 1. The van der Waals surface area contributed by atoms with Crippen LogP contribution >= 0.6 is 0 Å². The highest BCUT2D eigenvalue weighted by atomic mass is 19.1. The van der Waals surface area contributed by atoms with Crippen molar-refractivity contribution < 1.29 is 67.3 Å². The molecule has 0 radical (unpaired) electrons. The molecule has 0 aliphatic carbocycles. The minimum absolute atomic E-state index is 0.00719. The number of nitrogens with one attached hydrogen (secondary N) is 14. The molecule has 1 saturated heterocycles. The van der Waals surface area contributed by atoms with E-state index in [0.717, 1.165) is 22.9 Å². The van der Waals surface area contributed by atoms with Gasteiger partial charge >= 0.3 is 0 Å². The normalized spacial score (nSPS) is 14.9. The molecule has 1 aromatic heterocycles. The van der Waals surface area contributed by atoms with Crippen molar-refractivity contribution in [2.24, 2.45) is 23.1 Å². The topological polar surface area (TPSA) is 505 Å². The van der Waals surface area contributed by atoms with Crippen molar-refractivity contribution >= 4 is 98.6 Å². The van der Waals surface area contributed by atoms with Gasteiger partial charge in [0.25, 0.3) is 0 Å². The lowest BCUT2D eigenvalue weighted by Crippen LogP contribution is -2.61. The second-order valence-electron chi connectivity index (χ2n) is 25.9. The van der Waals surface area contributed by atoms with Gasteiger partial charge in [-0.25, -0.2) is 4.39 Å². The van der Waals surface area contributed by atoms with Gasteiger partial charge in [0, 0.05) is 69.3 Å². The molecule has 0 saturated carbocycles. The first kappa shape index (κ1) is 79.6. The molecular weight excluding hydrogens is 1340 g/mol. The number of nitrogens with two attached hydrogens (primary N) is 3. The summed E-state index contributed by atoms with van der Waals surface area (Å²) < 4.78 is 14.3. The van der Waals surface area contributed by atoms with Crippen LogP contribution in [0, 0.1) is 22.6 Å². The highest BCUT2D eigenvalue weighted by Gasteiger charge is 2.40. The number of benzene rings is 5. The first-order valence-corrected chi connectivity index (χ1v) is 34.2. The molecule has 1 aliphatic rings. The number of phenols is 1. The molecule has 1 fully saturated rings. The number of guanidine groups is 2. The van der Waals surface area contributed by atoms with E-state index < -0.39 is 144 Å². The van der Waals surface area contributed by atoms with Crippen LogP contribution in [0.15, 0.2) is 121 Å². The number of aromatic nitrogens is 1. The fraction of sp³-hybridized carbons (Fsp3) is 0.403. The third-order valence-corrected chi connectivity index (χ3v) is 17.4. The molecule has 0 bridgehead atoms. The van der Waals surface area contributed by atoms with Gasteiger partial charge in [-0.1, -0.05) is 98.8 Å². The number of halogens is 1. The summed E-state index contributed by atoms with van der Waals surface area (Å²) in [5, 5.41) is 68.0. The molecule has 11 amide bonds. The predicted molar refractivity (Wildman–Crippen MR) is 384 cm³/mol. The third kappa shape index (κ3) is 24.3. The number of hydrogen-bond donors (Lipinski definition) is 19. The van der Waals surface area contributed by atoms with Gasteiger partial charge in [0.15, 0.2) is 11.9 Å². The molecule has 22 N–H and O–H groups in total. The average molecular weight is 1440 g/mol. The van der Waals surface area contributed by atoms with E-state index in [9.17, 15) is 67.3 Å². The molecule has 6 aromatic rings. The number of aromatic amines is 1. The summed E-state index contributed by atoms with van der Waals surface area (Å²) in [5.74, 6) is -11.0. The second kappa shape index (κ2) is 38.9. The highest BCUT2D eigenvalue weighted by Crippen LogP contribution is 2.24. The van der Waals surface area contributed by atoms with E-state index in [1.54, 1.807) is 56.4 Å². The second-order valence-corrected chi connectivity index (χ2v) is 25.9. The molecule has 0 unspecified atom stereocenters. The average Bonchev–Trinajstić information content (AvgIpc) is 1.56. The molecule has 9 atom stereocenters. The maximum absolute atomic E-state index is 15.0. The number of primary amides is 1. The first-order chi connectivity index (χ1) is 49.7. The molecule has 1 aliphatic heterocycles. The Bertz CT molecular complexity index is 4040. The zero-order valence-electron chi connectivity index (χ0n) is 58.1. The van der Waals surface area contributed by atoms with Gasteiger partial charge in [0.1, 0.15) is 65.9 Å². The highest BCUT2D eigenvalue weighted by molar-refractivity contribution is 6.00. The van der Waals surface area contributed by atoms with Crippen LogP contribution in [-0.2, 0) is 78.4 Å². The fourth-order valence-corrected chi connectivity index (χ4v) is 12.2. The Hall–Kier alpha value is -11.7. The van der Waals surface area contributed by atoms with Crippen molar-refractivity contribution in [3.63, 3.8) is 0 Å². The smallest absolute Gasteiger partial charge is 0.245 e. The van der Waals surface area contributed by atoms with Crippen LogP contribution in [-0.4, -0.2) is 184 Å². The maximum atomic E-state index is 15.0. The number of rotatable bonds is 38. The molecule has 2 heterocycles. The Morgan fingerprint density at radius 2 is 1.02 bits per heavy atom. The molecule has 5 aromatic carbocycles. The molecule has 556 valence electrons. The van der Waals surface area contributed by atoms with E-state index in [-0.39, 0.29) is 101 Å². The third-order valence-electron chi connectivity index (χ3n) is 17.4. The summed E-state index contributed by atoms with van der Waals surface area (Å²) in [6.07, 6.45) is 1.44. The van der Waals surface area contributed by atoms with Gasteiger partial charge in [-0.05, 0) is 114 Å². The van der Waals surface area contributed by atoms with E-state index in [2.05, 4.69) is 63.5 Å². The molecule has 32 heteroatoms. The van der Waals surface area contributed by atoms with Gasteiger partial charge in [-0.2, -0.15) is 0 Å². The van der Waals surface area contributed by atoms with Crippen molar-refractivity contribution in [3.8, 4) is 5.75 Å². The number of aliphatic hydroxyl groups excluding tert-OH is 1. The summed E-state index contributed by atoms with van der Waals surface area (Å²) in [7, 11) is 0. The number of para-hydroxylation sites is 1. The molecule has 0 spiro atoms. The quantitative estimate of drug-likeness (QED) is 0.0132. The number of amides is 11. The first-order valence-electron chi connectivity index (χ1n) is 34.2. The number of carbonyl (C=O) groups is 11. The number of H-pyrrole nitrogens is 1. The lowest BCUT2D eigenvalue weighted by molar-refractivity contribution is -0.142. The van der Waals surface area contributed by atoms with Crippen LogP contribution in [0.3, 0.4) is 0 Å². The standard InChI is InChI=1S/C72H93FN18O13/c1-40(2)32-54(63(97)85-53(19-10-30-80-72(77)78)70(104)91-31-11-20-60(91)69(103)82-38-61(74)95)86-62(96)52(18-9-29-79-71(75)76)84-64(98)55(34-43-23-27-48(94)28-24-43)88-68(102)59(39-92)90-67(101)58(36-46-37-81-51-17-7-6-16-50(46)51)89-65(99)56(33-42-21-25-47(73)26-22-42)87-66(100)57(83-41(3)93)35-45-14-8-13-44-12-4-5-15-49(44)45/h4-8,12-17,21-28,37,40,52-60,81,92,94H,9-11,18-20,29-36,38-39H2,1-3H3,(H2,74,95)(H,82,103)(H,83,93)(H,84,98)(H,85,97)(H,86,96)(H,87,100)(H,88,102)(H,89,99)(H,90,101)(H4,75,76,79)(H4,77,78,80)/t52-,53+,54+,55+,56-,57-,58-,59+,60+/m1/s1. The van der Waals surface area contributed by atoms with Crippen molar-refractivity contribution in [2.45, 2.75) is 146 Å². The Morgan fingerprint density at radius 1 is 0.548 bits per heavy atom. The number of aliphatic hydroxyl groups is 1. The van der Waals surface area contributed by atoms with Gasteiger partial charge in [-0.15, -0.1) is 0 Å². The minimum atomic E-state index is -1.87. The SMILES string of the molecule is CC(=O)N[C@H](Cc1cccc2ccccc12)C(=O)N[C@H](Cc1ccc(F)cc1)C(=O)N[C@H](Cc1c[nH]c2ccccc12)C(=O)N[C@@H](CO)C(=O)N[C@@H](Cc1ccc(O)cc1)C(=O)N[C@H](CCCNC(=N)N)C(=O)N[C@@H](CC(C)C)C(=O)N[C@@H](CCCNC(=N)N)C(=O)N1CCC[C@H]1C(=O)NCC(N)=O. The number of phenolic OH excluding ortho intramolecular Hbond substituents is 1. The Balaban J connectivity index is 1.15. The van der Waals surface area contributed by atoms with E-state index in [1.165, 1.54) is 48.2 Å². The lowest BCUT2D eigenvalue weighted by Gasteiger charge is -2.31. The van der Waals surface area contributed by atoms with Gasteiger partial charge in [0.2, 0.25) is 65.0 Å². The summed E-state index contributed by atoms with van der Waals surface area (Å²) in [6.45, 7) is 3.46. The van der Waals surface area contributed by atoms with Crippen molar-refractivity contribution in [3.05, 3.63) is 150 Å². The fourth-order valence-electron chi connectivity index (χ4n) is 12.2. The molecule has 31 nitrogen and oxygen atoms in total. The van der Waals surface area contributed by atoms with Crippen LogP contribution in [0.25, 0.3) is 21.7 Å². The summed E-state index contributed by atoms with van der Waals surface area (Å²) >= 11 is 0. The number of aromatic hydroxyl groups is 1. The summed E-state index contributed by atoms with van der Waals surface area (Å²) in [5.41, 5.74) is 19.0. The van der Waals surface area contributed by atoms with Crippen LogP contribution in [0.1, 0.15) is 88.0 Å². The number of hydrogen-bond acceptors (Lipinski definition) is 15. The predicted octanol–water partition coefficient (Wildman–Crippen LogP) is -0.508. The zero-order chi connectivity index (χ0) is 75.6. The van der Waals surface area contributed by atoms with Crippen LogP contribution in [0.4, 0.5) is 4.39 Å². The lowest BCUT2D eigenvalue weighted by atomic mass is 9.97. The number of fused-ring (bicyclic) bond motifs is 2. The summed E-state index contributed by atoms with van der Waals surface area (Å²) in [6, 6.07) is 17.7. The van der Waals surface area contributed by atoms with Gasteiger partial charge in [-0.3, -0.25) is 63.6 Å². The Morgan fingerprint density at radius 3 is 1.60 bits per heavy atom. The number of carbonyl (C=O) groups excluding carboxylic acids is 11. The maximum Gasteiger partial charge on any atom is 0.245 e. The Kier molecular flexibility index (Phi) is 29.8. The number of nitrogens with zero attached hydrogens (tertiary/aromatic N) is 1. The Labute approximate surface area is 599 Å².